The van der Waals surface area contributed by atoms with Crippen molar-refractivity contribution >= 4 is 11.8 Å². The predicted molar refractivity (Wildman–Crippen MR) is 95.6 cm³/mol. The molecule has 5 heteroatoms. The molecule has 0 saturated carbocycles. The van der Waals surface area contributed by atoms with E-state index in [1.807, 2.05) is 12.1 Å². The summed E-state index contributed by atoms with van der Waals surface area (Å²) in [7, 11) is 0. The summed E-state index contributed by atoms with van der Waals surface area (Å²) < 4.78 is 0. The number of carbonyl (C=O) groups is 2. The van der Waals surface area contributed by atoms with E-state index in [0.717, 1.165) is 12.8 Å². The molecular formula is C19H29N3O2. The van der Waals surface area contributed by atoms with Gasteiger partial charge in [0.1, 0.15) is 6.04 Å². The number of hydrogen-bond donors (Lipinski definition) is 3. The zero-order valence-electron chi connectivity index (χ0n) is 14.9. The second-order valence-corrected chi connectivity index (χ2v) is 6.87. The molecule has 0 spiro atoms. The molecule has 1 fully saturated rings. The molecule has 132 valence electrons. The van der Waals surface area contributed by atoms with Gasteiger partial charge in [-0.05, 0) is 43.2 Å². The Morgan fingerprint density at radius 1 is 1.29 bits per heavy atom. The van der Waals surface area contributed by atoms with Gasteiger partial charge in [0.2, 0.25) is 11.8 Å². The molecule has 0 bridgehead atoms. The van der Waals surface area contributed by atoms with Crippen molar-refractivity contribution in [1.29, 1.82) is 0 Å². The highest BCUT2D eigenvalue weighted by Gasteiger charge is 2.23. The molecule has 1 aromatic carbocycles. The van der Waals surface area contributed by atoms with Crippen LogP contribution in [-0.4, -0.2) is 30.9 Å². The van der Waals surface area contributed by atoms with Gasteiger partial charge in [-0.3, -0.25) is 9.59 Å². The number of hydrogen-bond acceptors (Lipinski definition) is 3. The molecule has 1 aliphatic heterocycles. The Balaban J connectivity index is 1.93. The molecule has 5 nitrogen and oxygen atoms in total. The SMILES string of the molecule is Cc1ccccc1[C@@H](NCC(=O)N[C@@H]1CCCCNC1=O)C(C)C. The number of amides is 2. The van der Waals surface area contributed by atoms with Crippen LogP contribution in [0, 0.1) is 12.8 Å². The second-order valence-electron chi connectivity index (χ2n) is 6.87. The summed E-state index contributed by atoms with van der Waals surface area (Å²) in [6, 6.07) is 7.94. The summed E-state index contributed by atoms with van der Waals surface area (Å²) in [5, 5.41) is 9.05. The smallest absolute Gasteiger partial charge is 0.242 e. The molecule has 0 unspecified atom stereocenters. The van der Waals surface area contributed by atoms with Crippen molar-refractivity contribution in [1.82, 2.24) is 16.0 Å². The molecule has 0 radical (unpaired) electrons. The summed E-state index contributed by atoms with van der Waals surface area (Å²) in [4.78, 5) is 24.2. The van der Waals surface area contributed by atoms with E-state index in [1.54, 1.807) is 0 Å². The minimum absolute atomic E-state index is 0.0693. The first-order chi connectivity index (χ1) is 11.5. The van der Waals surface area contributed by atoms with E-state index in [2.05, 4.69) is 48.9 Å². The van der Waals surface area contributed by atoms with Crippen molar-refractivity contribution in [3.8, 4) is 0 Å². The minimum atomic E-state index is -0.405. The molecule has 2 rings (SSSR count). The van der Waals surface area contributed by atoms with Crippen LogP contribution in [0.5, 0.6) is 0 Å². The Morgan fingerprint density at radius 3 is 2.75 bits per heavy atom. The van der Waals surface area contributed by atoms with Gasteiger partial charge in [0.15, 0.2) is 0 Å². The van der Waals surface area contributed by atoms with Crippen molar-refractivity contribution in [3.05, 3.63) is 35.4 Å². The van der Waals surface area contributed by atoms with Crippen LogP contribution in [0.2, 0.25) is 0 Å². The van der Waals surface area contributed by atoms with E-state index >= 15 is 0 Å². The maximum atomic E-state index is 12.3. The highest BCUT2D eigenvalue weighted by Crippen LogP contribution is 2.24. The van der Waals surface area contributed by atoms with Gasteiger partial charge in [0.05, 0.1) is 6.54 Å². The maximum Gasteiger partial charge on any atom is 0.242 e. The van der Waals surface area contributed by atoms with E-state index in [4.69, 9.17) is 0 Å². The molecule has 2 amide bonds. The lowest BCUT2D eigenvalue weighted by Crippen LogP contribution is -2.48. The third-order valence-electron chi connectivity index (χ3n) is 4.54. The average molecular weight is 331 g/mol. The molecule has 1 aromatic rings. The first-order valence-electron chi connectivity index (χ1n) is 8.85. The highest BCUT2D eigenvalue weighted by atomic mass is 16.2. The summed E-state index contributed by atoms with van der Waals surface area (Å²) in [6.45, 7) is 7.27. The zero-order chi connectivity index (χ0) is 17.5. The second kappa shape index (κ2) is 8.83. The molecule has 1 saturated heterocycles. The molecule has 24 heavy (non-hydrogen) atoms. The van der Waals surface area contributed by atoms with Crippen LogP contribution < -0.4 is 16.0 Å². The summed E-state index contributed by atoms with van der Waals surface area (Å²) in [5.74, 6) is 0.163. The largest absolute Gasteiger partial charge is 0.354 e. The van der Waals surface area contributed by atoms with Gasteiger partial charge in [0.25, 0.3) is 0 Å². The number of benzene rings is 1. The zero-order valence-corrected chi connectivity index (χ0v) is 14.9. The van der Waals surface area contributed by atoms with E-state index in [-0.39, 0.29) is 24.4 Å². The number of rotatable bonds is 6. The van der Waals surface area contributed by atoms with E-state index in [9.17, 15) is 9.59 Å². The molecule has 1 heterocycles. The van der Waals surface area contributed by atoms with Gasteiger partial charge in [-0.1, -0.05) is 38.1 Å². The van der Waals surface area contributed by atoms with Crippen molar-refractivity contribution in [2.75, 3.05) is 13.1 Å². The Labute approximate surface area is 144 Å². The van der Waals surface area contributed by atoms with Crippen LogP contribution in [-0.2, 0) is 9.59 Å². The quantitative estimate of drug-likeness (QED) is 0.747. The lowest BCUT2D eigenvalue weighted by molar-refractivity contribution is -0.128. The van der Waals surface area contributed by atoms with Gasteiger partial charge in [-0.15, -0.1) is 0 Å². The Morgan fingerprint density at radius 2 is 2.04 bits per heavy atom. The van der Waals surface area contributed by atoms with Crippen molar-refractivity contribution in [2.45, 2.75) is 52.1 Å². The van der Waals surface area contributed by atoms with Crippen molar-refractivity contribution in [2.24, 2.45) is 5.92 Å². The fourth-order valence-electron chi connectivity index (χ4n) is 3.17. The van der Waals surface area contributed by atoms with Gasteiger partial charge >= 0.3 is 0 Å². The Bertz CT molecular complexity index is 571. The fraction of sp³-hybridized carbons (Fsp3) is 0.579. The predicted octanol–water partition coefficient (Wildman–Crippen LogP) is 2.07. The Hall–Kier alpha value is -1.88. The van der Waals surface area contributed by atoms with Crippen molar-refractivity contribution in [3.63, 3.8) is 0 Å². The first-order valence-corrected chi connectivity index (χ1v) is 8.85. The van der Waals surface area contributed by atoms with Crippen LogP contribution in [0.4, 0.5) is 0 Å². The number of nitrogens with one attached hydrogen (secondary N) is 3. The summed E-state index contributed by atoms with van der Waals surface area (Å²) in [5.41, 5.74) is 2.43. The van der Waals surface area contributed by atoms with E-state index < -0.39 is 6.04 Å². The molecular weight excluding hydrogens is 302 g/mol. The number of carbonyl (C=O) groups excluding carboxylic acids is 2. The van der Waals surface area contributed by atoms with E-state index in [1.165, 1.54) is 11.1 Å². The standard InChI is InChI=1S/C19H29N3O2/c1-13(2)18(15-9-5-4-8-14(15)3)21-12-17(23)22-16-10-6-7-11-20-19(16)24/h4-5,8-9,13,16,18,21H,6-7,10-12H2,1-3H3,(H,20,24)(H,22,23)/t16-,18+/m1/s1. The van der Waals surface area contributed by atoms with Crippen LogP contribution in [0.15, 0.2) is 24.3 Å². The van der Waals surface area contributed by atoms with Gasteiger partial charge in [-0.2, -0.15) is 0 Å². The third-order valence-corrected chi connectivity index (χ3v) is 4.54. The lowest BCUT2D eigenvalue weighted by Gasteiger charge is -2.25. The van der Waals surface area contributed by atoms with E-state index in [0.29, 0.717) is 18.9 Å². The Kier molecular flexibility index (Phi) is 6.79. The molecule has 2 atom stereocenters. The lowest BCUT2D eigenvalue weighted by atomic mass is 9.92. The normalized spacial score (nSPS) is 19.5. The van der Waals surface area contributed by atoms with Gasteiger partial charge in [0, 0.05) is 12.6 Å². The fourth-order valence-corrected chi connectivity index (χ4v) is 3.17. The molecule has 1 aliphatic rings. The van der Waals surface area contributed by atoms with Crippen LogP contribution in [0.3, 0.4) is 0 Å². The van der Waals surface area contributed by atoms with Crippen molar-refractivity contribution < 1.29 is 9.59 Å². The molecule has 0 aliphatic carbocycles. The minimum Gasteiger partial charge on any atom is -0.354 e. The van der Waals surface area contributed by atoms with Gasteiger partial charge < -0.3 is 16.0 Å². The van der Waals surface area contributed by atoms with Crippen LogP contribution in [0.1, 0.15) is 50.3 Å². The molecule has 3 N–H and O–H groups in total. The summed E-state index contributed by atoms with van der Waals surface area (Å²) in [6.07, 6.45) is 2.64. The maximum absolute atomic E-state index is 12.3. The number of aryl methyl sites for hydroxylation is 1. The monoisotopic (exact) mass is 331 g/mol. The third kappa shape index (κ3) is 5.06. The summed E-state index contributed by atoms with van der Waals surface area (Å²) >= 11 is 0. The highest BCUT2D eigenvalue weighted by molar-refractivity contribution is 5.88. The average Bonchev–Trinajstić information content (AvgIpc) is 2.74. The first kappa shape index (κ1) is 18.5. The van der Waals surface area contributed by atoms with Crippen LogP contribution in [0.25, 0.3) is 0 Å². The topological polar surface area (TPSA) is 70.2 Å². The molecule has 0 aromatic heterocycles. The van der Waals surface area contributed by atoms with Gasteiger partial charge in [-0.25, -0.2) is 0 Å². The van der Waals surface area contributed by atoms with Crippen LogP contribution >= 0.6 is 0 Å².